The van der Waals surface area contributed by atoms with Gasteiger partial charge < -0.3 is 20.8 Å². The van der Waals surface area contributed by atoms with Crippen molar-refractivity contribution in [2.75, 3.05) is 13.1 Å². The summed E-state index contributed by atoms with van der Waals surface area (Å²) in [4.78, 5) is 33.4. The number of rotatable bonds is 8. The number of carboxylic acid groups (broad SMARTS) is 2. The Labute approximate surface area is 99.2 Å². The predicted molar refractivity (Wildman–Crippen MR) is 59.4 cm³/mol. The summed E-state index contributed by atoms with van der Waals surface area (Å²) in [7, 11) is 0. The zero-order chi connectivity index (χ0) is 13.4. The minimum Gasteiger partial charge on any atom is -0.480 e. The van der Waals surface area contributed by atoms with Gasteiger partial charge in [-0.05, 0) is 6.42 Å². The van der Waals surface area contributed by atoms with Crippen molar-refractivity contribution >= 4 is 17.8 Å². The Kier molecular flexibility index (Phi) is 6.88. The zero-order valence-corrected chi connectivity index (χ0v) is 9.76. The molecule has 0 aliphatic rings. The molecule has 0 radical (unpaired) electrons. The van der Waals surface area contributed by atoms with E-state index in [1.54, 1.807) is 0 Å². The normalized spacial score (nSPS) is 11.9. The van der Waals surface area contributed by atoms with Crippen LogP contribution in [0, 0.1) is 0 Å². The third-order valence-electron chi connectivity index (χ3n) is 2.10. The molecule has 1 unspecified atom stereocenters. The van der Waals surface area contributed by atoms with Crippen LogP contribution in [0.15, 0.2) is 0 Å². The number of amides is 1. The molecule has 7 nitrogen and oxygen atoms in total. The highest BCUT2D eigenvalue weighted by molar-refractivity contribution is 5.85. The van der Waals surface area contributed by atoms with Crippen LogP contribution in [-0.2, 0) is 14.4 Å². The summed E-state index contributed by atoms with van der Waals surface area (Å²) in [6.45, 7) is 0.671. The van der Waals surface area contributed by atoms with E-state index in [1.165, 1.54) is 0 Å². The van der Waals surface area contributed by atoms with Crippen molar-refractivity contribution in [2.24, 2.45) is 5.73 Å². The first kappa shape index (κ1) is 15.4. The fraction of sp³-hybridized carbons (Fsp3) is 0.700. The number of carbonyl (C=O) groups is 3. The summed E-state index contributed by atoms with van der Waals surface area (Å²) in [6.07, 6.45) is 1.42. The lowest BCUT2D eigenvalue weighted by Gasteiger charge is -2.20. The second-order valence-electron chi connectivity index (χ2n) is 3.79. The quantitative estimate of drug-likeness (QED) is 0.531. The third-order valence-corrected chi connectivity index (χ3v) is 2.10. The first-order valence-corrected chi connectivity index (χ1v) is 5.33. The van der Waals surface area contributed by atoms with Gasteiger partial charge in [0.15, 0.2) is 0 Å². The fourth-order valence-electron chi connectivity index (χ4n) is 1.39. The lowest BCUT2D eigenvalue weighted by Crippen LogP contribution is -2.41. The van der Waals surface area contributed by atoms with Crippen LogP contribution in [0.5, 0.6) is 0 Å². The van der Waals surface area contributed by atoms with Crippen LogP contribution in [0.2, 0.25) is 0 Å². The van der Waals surface area contributed by atoms with E-state index >= 15 is 0 Å². The molecule has 4 N–H and O–H groups in total. The Bertz CT molecular complexity index is 276. The van der Waals surface area contributed by atoms with Crippen LogP contribution in [-0.4, -0.2) is 52.1 Å². The van der Waals surface area contributed by atoms with Crippen molar-refractivity contribution in [2.45, 2.75) is 32.2 Å². The van der Waals surface area contributed by atoms with Gasteiger partial charge in [-0.15, -0.1) is 0 Å². The molecule has 0 heterocycles. The number of hydrogen-bond acceptors (Lipinski definition) is 4. The van der Waals surface area contributed by atoms with Crippen LogP contribution < -0.4 is 5.73 Å². The van der Waals surface area contributed by atoms with E-state index < -0.39 is 30.9 Å². The number of nitrogens with two attached hydrogens (primary N) is 1. The molecule has 0 aromatic rings. The van der Waals surface area contributed by atoms with Crippen molar-refractivity contribution in [1.82, 2.24) is 4.90 Å². The average molecular weight is 246 g/mol. The number of carbonyl (C=O) groups excluding carboxylic acids is 1. The summed E-state index contributed by atoms with van der Waals surface area (Å²) in [5.74, 6) is -3.04. The predicted octanol–water partition coefficient (Wildman–Crippen LogP) is -0.498. The summed E-state index contributed by atoms with van der Waals surface area (Å²) >= 11 is 0. The van der Waals surface area contributed by atoms with Gasteiger partial charge in [0.25, 0.3) is 0 Å². The zero-order valence-electron chi connectivity index (χ0n) is 9.76. The Balaban J connectivity index is 4.40. The van der Waals surface area contributed by atoms with Crippen LogP contribution in [0.25, 0.3) is 0 Å². The molecule has 0 aromatic heterocycles. The minimum atomic E-state index is -1.25. The lowest BCUT2D eigenvalue weighted by atomic mass is 10.1. The maximum Gasteiger partial charge on any atom is 0.323 e. The van der Waals surface area contributed by atoms with Crippen molar-refractivity contribution in [3.05, 3.63) is 0 Å². The number of carboxylic acids is 2. The van der Waals surface area contributed by atoms with Crippen molar-refractivity contribution < 1.29 is 24.6 Å². The first-order valence-electron chi connectivity index (χ1n) is 5.33. The molecule has 0 aliphatic heterocycles. The molecule has 0 fully saturated rings. The second-order valence-corrected chi connectivity index (χ2v) is 3.79. The number of hydrogen-bond donors (Lipinski definition) is 3. The largest absolute Gasteiger partial charge is 0.480 e. The van der Waals surface area contributed by atoms with Crippen LogP contribution in [0.3, 0.4) is 0 Å². The molecule has 0 saturated carbocycles. The van der Waals surface area contributed by atoms with Gasteiger partial charge in [0, 0.05) is 12.5 Å². The molecule has 0 rings (SSSR count). The summed E-state index contributed by atoms with van der Waals surface area (Å²) in [5.41, 5.74) is 5.64. The Morgan fingerprint density at radius 3 is 2.00 bits per heavy atom. The number of aliphatic carboxylic acids is 2. The van der Waals surface area contributed by atoms with Gasteiger partial charge in [-0.1, -0.05) is 13.3 Å². The van der Waals surface area contributed by atoms with E-state index in [9.17, 15) is 14.4 Å². The highest BCUT2D eigenvalue weighted by atomic mass is 16.4. The van der Waals surface area contributed by atoms with E-state index in [0.29, 0.717) is 6.42 Å². The Morgan fingerprint density at radius 2 is 1.65 bits per heavy atom. The van der Waals surface area contributed by atoms with Gasteiger partial charge >= 0.3 is 11.9 Å². The third kappa shape index (κ3) is 7.29. The molecule has 0 spiro atoms. The molecule has 17 heavy (non-hydrogen) atoms. The minimum absolute atomic E-state index is 0.0333. The molecule has 1 atom stereocenters. The molecule has 98 valence electrons. The SMILES string of the molecule is CCCC(N)CC(=O)N(CC(=O)O)CC(=O)O. The van der Waals surface area contributed by atoms with E-state index in [4.69, 9.17) is 15.9 Å². The van der Waals surface area contributed by atoms with E-state index in [1.807, 2.05) is 6.92 Å². The molecular formula is C10H18N2O5. The maximum atomic E-state index is 11.6. The maximum absolute atomic E-state index is 11.6. The standard InChI is InChI=1S/C10H18N2O5/c1-2-3-7(11)4-8(13)12(5-9(14)15)6-10(16)17/h7H,2-6,11H2,1H3,(H,14,15)(H,16,17). The lowest BCUT2D eigenvalue weighted by molar-refractivity contribution is -0.149. The first-order chi connectivity index (χ1) is 7.86. The smallest absolute Gasteiger partial charge is 0.323 e. The monoisotopic (exact) mass is 246 g/mol. The number of nitrogens with zero attached hydrogens (tertiary/aromatic N) is 1. The Morgan fingerprint density at radius 1 is 1.18 bits per heavy atom. The van der Waals surface area contributed by atoms with Gasteiger partial charge in [-0.2, -0.15) is 0 Å². The Hall–Kier alpha value is -1.63. The van der Waals surface area contributed by atoms with E-state index in [-0.39, 0.29) is 12.5 Å². The molecular weight excluding hydrogens is 228 g/mol. The average Bonchev–Trinajstić information content (AvgIpc) is 2.15. The summed E-state index contributed by atoms with van der Waals surface area (Å²) in [5, 5.41) is 17.1. The highest BCUT2D eigenvalue weighted by Crippen LogP contribution is 2.02. The molecule has 0 aliphatic carbocycles. The van der Waals surface area contributed by atoms with E-state index in [2.05, 4.69) is 0 Å². The van der Waals surface area contributed by atoms with E-state index in [0.717, 1.165) is 11.3 Å². The van der Waals surface area contributed by atoms with Crippen LogP contribution in [0.4, 0.5) is 0 Å². The molecule has 0 saturated heterocycles. The fourth-order valence-corrected chi connectivity index (χ4v) is 1.39. The van der Waals surface area contributed by atoms with Crippen LogP contribution in [0.1, 0.15) is 26.2 Å². The van der Waals surface area contributed by atoms with Crippen molar-refractivity contribution in [3.63, 3.8) is 0 Å². The second kappa shape index (κ2) is 7.61. The highest BCUT2D eigenvalue weighted by Gasteiger charge is 2.21. The van der Waals surface area contributed by atoms with Crippen molar-refractivity contribution in [1.29, 1.82) is 0 Å². The summed E-state index contributed by atoms with van der Waals surface area (Å²) < 4.78 is 0. The topological polar surface area (TPSA) is 121 Å². The molecule has 0 bridgehead atoms. The van der Waals surface area contributed by atoms with Gasteiger partial charge in [-0.3, -0.25) is 14.4 Å². The van der Waals surface area contributed by atoms with Crippen LogP contribution >= 0.6 is 0 Å². The van der Waals surface area contributed by atoms with Crippen molar-refractivity contribution in [3.8, 4) is 0 Å². The molecule has 1 amide bonds. The molecule has 0 aromatic carbocycles. The van der Waals surface area contributed by atoms with Gasteiger partial charge in [0.05, 0.1) is 0 Å². The van der Waals surface area contributed by atoms with Gasteiger partial charge in [-0.25, -0.2) is 0 Å². The van der Waals surface area contributed by atoms with Gasteiger partial charge in [0.2, 0.25) is 5.91 Å². The van der Waals surface area contributed by atoms with Gasteiger partial charge in [0.1, 0.15) is 13.1 Å². The summed E-state index contributed by atoms with van der Waals surface area (Å²) in [6, 6.07) is -0.363. The molecule has 7 heteroatoms.